The molecule has 1 aliphatic heterocycles. The highest BCUT2D eigenvalue weighted by atomic mass is 32.2. The number of rotatable bonds is 2. The van der Waals surface area contributed by atoms with Crippen molar-refractivity contribution in [3.63, 3.8) is 0 Å². The number of carboxylic acids is 1. The predicted molar refractivity (Wildman–Crippen MR) is 52.0 cm³/mol. The molecular formula is C10H10O2S. The standard InChI is InChI=1S/C10H10O2S/c11-10(12)6-8-5-7-3-1-2-4-9(7)13-8/h1-4,8H,5-6H2,(H,11,12). The van der Waals surface area contributed by atoms with Gasteiger partial charge >= 0.3 is 5.97 Å². The Kier molecular flexibility index (Phi) is 2.27. The van der Waals surface area contributed by atoms with E-state index in [1.165, 1.54) is 10.5 Å². The first kappa shape index (κ1) is 8.63. The molecule has 0 amide bonds. The van der Waals surface area contributed by atoms with Crippen LogP contribution in [0, 0.1) is 0 Å². The molecule has 1 aliphatic rings. The number of aliphatic carboxylic acids is 1. The van der Waals surface area contributed by atoms with Crippen LogP contribution in [-0.2, 0) is 11.2 Å². The third-order valence-electron chi connectivity index (χ3n) is 2.12. The molecule has 0 saturated heterocycles. The lowest BCUT2D eigenvalue weighted by Gasteiger charge is -2.02. The van der Waals surface area contributed by atoms with Gasteiger partial charge in [-0.3, -0.25) is 4.79 Å². The van der Waals surface area contributed by atoms with Crippen molar-refractivity contribution >= 4 is 17.7 Å². The van der Waals surface area contributed by atoms with Gasteiger partial charge in [0, 0.05) is 10.1 Å². The van der Waals surface area contributed by atoms with Gasteiger partial charge in [-0.1, -0.05) is 18.2 Å². The number of carboxylic acid groups (broad SMARTS) is 1. The minimum Gasteiger partial charge on any atom is -0.481 e. The second kappa shape index (κ2) is 3.42. The first-order valence-electron chi connectivity index (χ1n) is 4.22. The van der Waals surface area contributed by atoms with E-state index in [9.17, 15) is 4.79 Å². The van der Waals surface area contributed by atoms with Gasteiger partial charge in [0.2, 0.25) is 0 Å². The van der Waals surface area contributed by atoms with E-state index in [4.69, 9.17) is 5.11 Å². The number of fused-ring (bicyclic) bond motifs is 1. The zero-order chi connectivity index (χ0) is 9.26. The van der Waals surface area contributed by atoms with E-state index >= 15 is 0 Å². The van der Waals surface area contributed by atoms with Gasteiger partial charge in [-0.25, -0.2) is 0 Å². The summed E-state index contributed by atoms with van der Waals surface area (Å²) >= 11 is 1.68. The van der Waals surface area contributed by atoms with Crippen molar-refractivity contribution < 1.29 is 9.90 Å². The average Bonchev–Trinajstić information content (AvgIpc) is 2.44. The Hall–Kier alpha value is -0.960. The highest BCUT2D eigenvalue weighted by molar-refractivity contribution is 8.00. The summed E-state index contributed by atoms with van der Waals surface area (Å²) in [6.45, 7) is 0. The summed E-state index contributed by atoms with van der Waals surface area (Å²) in [5, 5.41) is 8.87. The lowest BCUT2D eigenvalue weighted by Crippen LogP contribution is -2.08. The van der Waals surface area contributed by atoms with Gasteiger partial charge in [-0.05, 0) is 18.1 Å². The highest BCUT2D eigenvalue weighted by Crippen LogP contribution is 2.38. The zero-order valence-electron chi connectivity index (χ0n) is 7.06. The van der Waals surface area contributed by atoms with Crippen molar-refractivity contribution in [2.24, 2.45) is 0 Å². The molecule has 3 heteroatoms. The van der Waals surface area contributed by atoms with Crippen molar-refractivity contribution in [1.29, 1.82) is 0 Å². The van der Waals surface area contributed by atoms with Gasteiger partial charge in [0.1, 0.15) is 0 Å². The maximum Gasteiger partial charge on any atom is 0.304 e. The Labute approximate surface area is 81.0 Å². The van der Waals surface area contributed by atoms with E-state index in [2.05, 4.69) is 12.1 Å². The zero-order valence-corrected chi connectivity index (χ0v) is 7.88. The molecule has 0 aliphatic carbocycles. The highest BCUT2D eigenvalue weighted by Gasteiger charge is 2.23. The van der Waals surface area contributed by atoms with Gasteiger partial charge in [0.15, 0.2) is 0 Å². The number of benzene rings is 1. The molecule has 68 valence electrons. The first-order chi connectivity index (χ1) is 6.25. The van der Waals surface area contributed by atoms with Crippen LogP contribution in [0.2, 0.25) is 0 Å². The Bertz CT molecular complexity index is 310. The number of carbonyl (C=O) groups is 1. The SMILES string of the molecule is O=C(O)CC1Cc2ccccc2S1. The summed E-state index contributed by atoms with van der Waals surface area (Å²) in [6, 6.07) is 8.13. The monoisotopic (exact) mass is 194 g/mol. The normalized spacial score (nSPS) is 19.8. The van der Waals surface area contributed by atoms with Gasteiger partial charge < -0.3 is 5.11 Å². The molecule has 0 bridgehead atoms. The summed E-state index contributed by atoms with van der Waals surface area (Å²) in [5.41, 5.74) is 1.29. The van der Waals surface area contributed by atoms with Gasteiger partial charge in [0.25, 0.3) is 0 Å². The Morgan fingerprint density at radius 3 is 3.00 bits per heavy atom. The second-order valence-corrected chi connectivity index (χ2v) is 4.49. The topological polar surface area (TPSA) is 37.3 Å². The molecule has 2 rings (SSSR count). The van der Waals surface area contributed by atoms with E-state index in [0.717, 1.165) is 6.42 Å². The van der Waals surface area contributed by atoms with E-state index in [1.807, 2.05) is 12.1 Å². The molecule has 0 fully saturated rings. The second-order valence-electron chi connectivity index (χ2n) is 3.15. The van der Waals surface area contributed by atoms with Gasteiger partial charge in [-0.15, -0.1) is 11.8 Å². The summed E-state index contributed by atoms with van der Waals surface area (Å²) in [6.07, 6.45) is 1.16. The number of thioether (sulfide) groups is 1. The summed E-state index contributed by atoms with van der Waals surface area (Å²) < 4.78 is 0. The minimum atomic E-state index is -0.703. The van der Waals surface area contributed by atoms with Crippen molar-refractivity contribution in [2.75, 3.05) is 0 Å². The molecule has 1 aromatic carbocycles. The quantitative estimate of drug-likeness (QED) is 0.784. The summed E-state index contributed by atoms with van der Waals surface area (Å²) in [4.78, 5) is 11.7. The van der Waals surface area contributed by atoms with Crippen LogP contribution in [0.4, 0.5) is 0 Å². The van der Waals surface area contributed by atoms with Crippen LogP contribution in [0.5, 0.6) is 0 Å². The largest absolute Gasteiger partial charge is 0.481 e. The first-order valence-corrected chi connectivity index (χ1v) is 5.10. The predicted octanol–water partition coefficient (Wildman–Crippen LogP) is 2.18. The fraction of sp³-hybridized carbons (Fsp3) is 0.300. The molecular weight excluding hydrogens is 184 g/mol. The number of hydrogen-bond donors (Lipinski definition) is 1. The molecule has 0 spiro atoms. The van der Waals surface area contributed by atoms with Gasteiger partial charge in [-0.2, -0.15) is 0 Å². The van der Waals surface area contributed by atoms with Crippen molar-refractivity contribution in [2.45, 2.75) is 23.0 Å². The fourth-order valence-corrected chi connectivity index (χ4v) is 2.87. The maximum absolute atomic E-state index is 10.5. The van der Waals surface area contributed by atoms with Crippen molar-refractivity contribution in [3.8, 4) is 0 Å². The van der Waals surface area contributed by atoms with Crippen LogP contribution in [-0.4, -0.2) is 16.3 Å². The molecule has 2 nitrogen and oxygen atoms in total. The lowest BCUT2D eigenvalue weighted by atomic mass is 10.1. The third-order valence-corrected chi connectivity index (χ3v) is 3.43. The fourth-order valence-electron chi connectivity index (χ4n) is 1.56. The molecule has 1 heterocycles. The average molecular weight is 194 g/mol. The maximum atomic E-state index is 10.5. The van der Waals surface area contributed by atoms with Crippen LogP contribution >= 0.6 is 11.8 Å². The summed E-state index contributed by atoms with van der Waals surface area (Å²) in [5.74, 6) is -0.703. The van der Waals surface area contributed by atoms with Crippen molar-refractivity contribution in [1.82, 2.24) is 0 Å². The molecule has 13 heavy (non-hydrogen) atoms. The van der Waals surface area contributed by atoms with E-state index in [-0.39, 0.29) is 11.7 Å². The lowest BCUT2D eigenvalue weighted by molar-refractivity contribution is -0.136. The Balaban J connectivity index is 2.09. The molecule has 1 N–H and O–H groups in total. The van der Waals surface area contributed by atoms with Crippen LogP contribution in [0.3, 0.4) is 0 Å². The van der Waals surface area contributed by atoms with Crippen LogP contribution in [0.25, 0.3) is 0 Å². The molecule has 1 aromatic rings. The Morgan fingerprint density at radius 1 is 1.54 bits per heavy atom. The van der Waals surface area contributed by atoms with Crippen LogP contribution in [0.15, 0.2) is 29.2 Å². The molecule has 0 radical (unpaired) electrons. The third kappa shape index (κ3) is 1.86. The van der Waals surface area contributed by atoms with Crippen molar-refractivity contribution in [3.05, 3.63) is 29.8 Å². The summed E-state index contributed by atoms with van der Waals surface area (Å²) in [7, 11) is 0. The molecule has 1 unspecified atom stereocenters. The Morgan fingerprint density at radius 2 is 2.31 bits per heavy atom. The smallest absolute Gasteiger partial charge is 0.304 e. The molecule has 0 aromatic heterocycles. The van der Waals surface area contributed by atoms with E-state index < -0.39 is 5.97 Å². The number of hydrogen-bond acceptors (Lipinski definition) is 2. The van der Waals surface area contributed by atoms with E-state index in [0.29, 0.717) is 0 Å². The van der Waals surface area contributed by atoms with Crippen LogP contribution in [0.1, 0.15) is 12.0 Å². The van der Waals surface area contributed by atoms with E-state index in [1.54, 1.807) is 11.8 Å². The van der Waals surface area contributed by atoms with Crippen LogP contribution < -0.4 is 0 Å². The minimum absolute atomic E-state index is 0.231. The molecule has 1 atom stereocenters. The molecule has 0 saturated carbocycles. The van der Waals surface area contributed by atoms with Gasteiger partial charge in [0.05, 0.1) is 6.42 Å².